The highest BCUT2D eigenvalue weighted by molar-refractivity contribution is 6.31. The standard InChI is InChI=1S/C13H18ClN/c1-9-6-12(10(2)13(14)7-9)11-4-3-5-15-8-11/h6-7,11,15H,3-5,8H2,1-2H3. The topological polar surface area (TPSA) is 12.0 Å². The zero-order valence-electron chi connectivity index (χ0n) is 9.44. The van der Waals surface area contributed by atoms with Crippen LogP contribution < -0.4 is 5.32 Å². The summed E-state index contributed by atoms with van der Waals surface area (Å²) in [6, 6.07) is 4.34. The molecule has 1 fully saturated rings. The molecule has 1 aromatic rings. The van der Waals surface area contributed by atoms with Crippen LogP contribution in [0.1, 0.15) is 35.4 Å². The van der Waals surface area contributed by atoms with E-state index in [9.17, 15) is 0 Å². The van der Waals surface area contributed by atoms with Gasteiger partial charge in [0.15, 0.2) is 0 Å². The Labute approximate surface area is 96.8 Å². The average Bonchev–Trinajstić information content (AvgIpc) is 2.24. The van der Waals surface area contributed by atoms with Crippen LogP contribution in [0.25, 0.3) is 0 Å². The maximum atomic E-state index is 6.22. The first-order chi connectivity index (χ1) is 7.18. The van der Waals surface area contributed by atoms with Crippen LogP contribution in [0.2, 0.25) is 5.02 Å². The molecule has 0 aliphatic carbocycles. The molecule has 0 aromatic heterocycles. The molecule has 1 heterocycles. The molecular formula is C13H18ClN. The molecule has 1 atom stereocenters. The van der Waals surface area contributed by atoms with E-state index < -0.39 is 0 Å². The van der Waals surface area contributed by atoms with Crippen molar-refractivity contribution in [2.45, 2.75) is 32.6 Å². The number of hydrogen-bond donors (Lipinski definition) is 1. The van der Waals surface area contributed by atoms with Gasteiger partial charge in [0.1, 0.15) is 0 Å². The van der Waals surface area contributed by atoms with Crippen molar-refractivity contribution < 1.29 is 0 Å². The van der Waals surface area contributed by atoms with Crippen molar-refractivity contribution in [3.8, 4) is 0 Å². The molecule has 1 unspecified atom stereocenters. The maximum absolute atomic E-state index is 6.22. The van der Waals surface area contributed by atoms with Gasteiger partial charge in [-0.1, -0.05) is 17.7 Å². The lowest BCUT2D eigenvalue weighted by atomic mass is 9.88. The zero-order valence-corrected chi connectivity index (χ0v) is 10.2. The van der Waals surface area contributed by atoms with Crippen molar-refractivity contribution >= 4 is 11.6 Å². The molecule has 1 nitrogen and oxygen atoms in total. The summed E-state index contributed by atoms with van der Waals surface area (Å²) in [6.45, 7) is 6.51. The van der Waals surface area contributed by atoms with Crippen LogP contribution in [0, 0.1) is 13.8 Å². The largest absolute Gasteiger partial charge is 0.316 e. The van der Waals surface area contributed by atoms with Crippen LogP contribution >= 0.6 is 11.6 Å². The second-order valence-corrected chi connectivity index (χ2v) is 4.91. The molecule has 1 saturated heterocycles. The lowest BCUT2D eigenvalue weighted by Crippen LogP contribution is -2.28. The zero-order chi connectivity index (χ0) is 10.8. The first-order valence-corrected chi connectivity index (χ1v) is 6.03. The minimum atomic E-state index is 0.649. The van der Waals surface area contributed by atoms with Gasteiger partial charge in [-0.3, -0.25) is 0 Å². The SMILES string of the molecule is Cc1cc(Cl)c(C)c(C2CCCNC2)c1. The molecule has 0 spiro atoms. The minimum absolute atomic E-state index is 0.649. The minimum Gasteiger partial charge on any atom is -0.316 e. The monoisotopic (exact) mass is 223 g/mol. The maximum Gasteiger partial charge on any atom is 0.0440 e. The summed E-state index contributed by atoms with van der Waals surface area (Å²) in [5.74, 6) is 0.649. The van der Waals surface area contributed by atoms with Gasteiger partial charge in [0.25, 0.3) is 0 Å². The van der Waals surface area contributed by atoms with Gasteiger partial charge in [-0.05, 0) is 61.9 Å². The molecule has 0 radical (unpaired) electrons. The van der Waals surface area contributed by atoms with Crippen molar-refractivity contribution in [1.29, 1.82) is 0 Å². The molecule has 2 heteroatoms. The van der Waals surface area contributed by atoms with Crippen LogP contribution in [-0.4, -0.2) is 13.1 Å². The molecule has 82 valence electrons. The van der Waals surface area contributed by atoms with E-state index in [1.165, 1.54) is 29.5 Å². The van der Waals surface area contributed by atoms with Crippen LogP contribution in [0.5, 0.6) is 0 Å². The summed E-state index contributed by atoms with van der Waals surface area (Å²) in [7, 11) is 0. The van der Waals surface area contributed by atoms with Gasteiger partial charge in [-0.15, -0.1) is 0 Å². The first kappa shape index (κ1) is 11.0. The number of aryl methyl sites for hydroxylation is 1. The fourth-order valence-electron chi connectivity index (χ4n) is 2.38. The summed E-state index contributed by atoms with van der Waals surface area (Å²) in [6.07, 6.45) is 2.56. The van der Waals surface area contributed by atoms with Gasteiger partial charge in [0.2, 0.25) is 0 Å². The lowest BCUT2D eigenvalue weighted by Gasteiger charge is -2.25. The van der Waals surface area contributed by atoms with Crippen molar-refractivity contribution in [3.63, 3.8) is 0 Å². The fourth-order valence-corrected chi connectivity index (χ4v) is 2.66. The number of piperidine rings is 1. The average molecular weight is 224 g/mol. The summed E-state index contributed by atoms with van der Waals surface area (Å²) in [5.41, 5.74) is 3.97. The van der Waals surface area contributed by atoms with E-state index in [4.69, 9.17) is 11.6 Å². The van der Waals surface area contributed by atoms with Crippen LogP contribution in [-0.2, 0) is 0 Å². The highest BCUT2D eigenvalue weighted by atomic mass is 35.5. The molecule has 1 aliphatic rings. The van der Waals surface area contributed by atoms with Gasteiger partial charge >= 0.3 is 0 Å². The highest BCUT2D eigenvalue weighted by Gasteiger charge is 2.18. The van der Waals surface area contributed by atoms with Crippen molar-refractivity contribution in [3.05, 3.63) is 33.8 Å². The molecule has 1 aliphatic heterocycles. The highest BCUT2D eigenvalue weighted by Crippen LogP contribution is 2.30. The lowest BCUT2D eigenvalue weighted by molar-refractivity contribution is 0.460. The van der Waals surface area contributed by atoms with Crippen LogP contribution in [0.15, 0.2) is 12.1 Å². The van der Waals surface area contributed by atoms with Gasteiger partial charge in [0.05, 0.1) is 0 Å². The fraction of sp³-hybridized carbons (Fsp3) is 0.538. The molecule has 1 aromatic carbocycles. The quantitative estimate of drug-likeness (QED) is 0.770. The Morgan fingerprint density at radius 2 is 2.13 bits per heavy atom. The smallest absolute Gasteiger partial charge is 0.0440 e. The van der Waals surface area contributed by atoms with Gasteiger partial charge in [-0.25, -0.2) is 0 Å². The number of rotatable bonds is 1. The van der Waals surface area contributed by atoms with Crippen LogP contribution in [0.3, 0.4) is 0 Å². The molecular weight excluding hydrogens is 206 g/mol. The first-order valence-electron chi connectivity index (χ1n) is 5.66. The van der Waals surface area contributed by atoms with Gasteiger partial charge in [0, 0.05) is 11.6 Å². The Morgan fingerprint density at radius 1 is 1.33 bits per heavy atom. The number of benzene rings is 1. The van der Waals surface area contributed by atoms with Crippen molar-refractivity contribution in [1.82, 2.24) is 5.32 Å². The van der Waals surface area contributed by atoms with E-state index >= 15 is 0 Å². The number of nitrogens with one attached hydrogen (secondary N) is 1. The van der Waals surface area contributed by atoms with E-state index in [0.29, 0.717) is 5.92 Å². The molecule has 2 rings (SSSR count). The summed E-state index contributed by atoms with van der Waals surface area (Å²) < 4.78 is 0. The van der Waals surface area contributed by atoms with E-state index in [0.717, 1.165) is 18.1 Å². The normalized spacial score (nSPS) is 21.7. The van der Waals surface area contributed by atoms with Crippen molar-refractivity contribution in [2.24, 2.45) is 0 Å². The predicted octanol–water partition coefficient (Wildman–Crippen LogP) is 3.42. The summed E-state index contributed by atoms with van der Waals surface area (Å²) in [4.78, 5) is 0. The molecule has 0 amide bonds. The van der Waals surface area contributed by atoms with Gasteiger partial charge < -0.3 is 5.32 Å². The number of halogens is 1. The second kappa shape index (κ2) is 4.54. The third-order valence-corrected chi connectivity index (χ3v) is 3.66. The third kappa shape index (κ3) is 2.35. The second-order valence-electron chi connectivity index (χ2n) is 4.50. The van der Waals surface area contributed by atoms with Crippen LogP contribution in [0.4, 0.5) is 0 Å². The summed E-state index contributed by atoms with van der Waals surface area (Å²) in [5, 5.41) is 4.37. The Kier molecular flexibility index (Phi) is 3.32. The van der Waals surface area contributed by atoms with E-state index in [1.807, 2.05) is 0 Å². The summed E-state index contributed by atoms with van der Waals surface area (Å²) >= 11 is 6.22. The molecule has 1 N–H and O–H groups in total. The Hall–Kier alpha value is -0.530. The molecule has 15 heavy (non-hydrogen) atoms. The predicted molar refractivity (Wildman–Crippen MR) is 65.8 cm³/mol. The molecule has 0 saturated carbocycles. The Morgan fingerprint density at radius 3 is 2.80 bits per heavy atom. The Bertz CT molecular complexity index is 354. The third-order valence-electron chi connectivity index (χ3n) is 3.27. The Balaban J connectivity index is 2.33. The van der Waals surface area contributed by atoms with E-state index in [1.54, 1.807) is 0 Å². The molecule has 0 bridgehead atoms. The van der Waals surface area contributed by atoms with Crippen molar-refractivity contribution in [2.75, 3.05) is 13.1 Å². The van der Waals surface area contributed by atoms with E-state index in [-0.39, 0.29) is 0 Å². The number of hydrogen-bond acceptors (Lipinski definition) is 1. The van der Waals surface area contributed by atoms with Gasteiger partial charge in [-0.2, -0.15) is 0 Å². The van der Waals surface area contributed by atoms with E-state index in [2.05, 4.69) is 31.3 Å².